The maximum absolute atomic E-state index is 12.0. The largest absolute Gasteiger partial charge is 0.493 e. The van der Waals surface area contributed by atoms with Gasteiger partial charge in [0.25, 0.3) is 0 Å². The van der Waals surface area contributed by atoms with Crippen LogP contribution >= 0.6 is 0 Å². The lowest BCUT2D eigenvalue weighted by Gasteiger charge is -2.21. The second-order valence-electron chi connectivity index (χ2n) is 6.97. The Bertz CT molecular complexity index is 643. The average Bonchev–Trinajstić information content (AvgIpc) is 2.66. The molecule has 1 aliphatic carbocycles. The van der Waals surface area contributed by atoms with Crippen LogP contribution in [0, 0.1) is 5.92 Å². The molecule has 5 nitrogen and oxygen atoms in total. The van der Waals surface area contributed by atoms with Gasteiger partial charge in [-0.15, -0.1) is 0 Å². The van der Waals surface area contributed by atoms with E-state index >= 15 is 0 Å². The van der Waals surface area contributed by atoms with Gasteiger partial charge in [-0.05, 0) is 49.4 Å². The molecule has 1 aromatic carbocycles. The zero-order valence-corrected chi connectivity index (χ0v) is 15.7. The smallest absolute Gasteiger partial charge is 0.491 e. The van der Waals surface area contributed by atoms with Crippen LogP contribution in [0.15, 0.2) is 24.3 Å². The summed E-state index contributed by atoms with van der Waals surface area (Å²) >= 11 is 0. The lowest BCUT2D eigenvalue weighted by molar-refractivity contribution is -0.201. The van der Waals surface area contributed by atoms with E-state index in [1.807, 2.05) is 24.3 Å². The molecule has 0 radical (unpaired) electrons. The summed E-state index contributed by atoms with van der Waals surface area (Å²) in [6.07, 6.45) is 1.52. The average molecular weight is 401 g/mol. The Morgan fingerprint density at radius 3 is 2.57 bits per heavy atom. The van der Waals surface area contributed by atoms with Crippen molar-refractivity contribution in [1.82, 2.24) is 5.32 Å². The molecule has 156 valence electrons. The summed E-state index contributed by atoms with van der Waals surface area (Å²) in [7, 11) is 0. The maximum atomic E-state index is 12.0. The quantitative estimate of drug-likeness (QED) is 0.387. The number of carbonyl (C=O) groups is 2. The lowest BCUT2D eigenvalue weighted by Crippen LogP contribution is -2.29. The van der Waals surface area contributed by atoms with E-state index in [1.54, 1.807) is 0 Å². The molecule has 1 aromatic rings. The van der Waals surface area contributed by atoms with Gasteiger partial charge in [0.05, 0.1) is 13.0 Å². The van der Waals surface area contributed by atoms with Crippen molar-refractivity contribution < 1.29 is 32.2 Å². The van der Waals surface area contributed by atoms with E-state index in [1.165, 1.54) is 32.1 Å². The molecule has 8 heteroatoms. The van der Waals surface area contributed by atoms with E-state index in [0.29, 0.717) is 18.9 Å². The molecular formula is C20H26F3NO4. The number of esters is 2. The van der Waals surface area contributed by atoms with Crippen LogP contribution in [-0.2, 0) is 20.7 Å². The molecule has 2 rings (SSSR count). The number of hydrogen-bond acceptors (Lipinski definition) is 5. The molecular weight excluding hydrogens is 375 g/mol. The predicted molar refractivity (Wildman–Crippen MR) is 96.9 cm³/mol. The standard InChI is InChI=1S/C20H26F3NO4/c21-20(22,23)19(26)28-18(25)10-12-24-11-9-15-7-4-8-17(13-15)27-14-16-5-2-1-3-6-16/h4,7-8,13,16,24H,1-3,5-6,9-12,14H2. The summed E-state index contributed by atoms with van der Waals surface area (Å²) in [6, 6.07) is 7.78. The Labute approximate surface area is 162 Å². The minimum atomic E-state index is -5.16. The first kappa shape index (κ1) is 22.2. The Balaban J connectivity index is 1.62. The summed E-state index contributed by atoms with van der Waals surface area (Å²) in [6.45, 7) is 1.40. The molecule has 0 atom stereocenters. The summed E-state index contributed by atoms with van der Waals surface area (Å²) < 4.78 is 45.6. The molecule has 1 N–H and O–H groups in total. The zero-order valence-electron chi connectivity index (χ0n) is 15.7. The fraction of sp³-hybridized carbons (Fsp3) is 0.600. The summed E-state index contributed by atoms with van der Waals surface area (Å²) in [4.78, 5) is 21.7. The number of hydrogen-bond donors (Lipinski definition) is 1. The Hall–Kier alpha value is -2.09. The third kappa shape index (κ3) is 8.29. The van der Waals surface area contributed by atoms with Gasteiger partial charge in [0.15, 0.2) is 0 Å². The number of benzene rings is 1. The van der Waals surface area contributed by atoms with Gasteiger partial charge in [0.2, 0.25) is 0 Å². The van der Waals surface area contributed by atoms with Crippen molar-refractivity contribution in [3.8, 4) is 5.75 Å². The SMILES string of the molecule is O=C(CCNCCc1cccc(OCC2CCCCC2)c1)OC(=O)C(F)(F)F. The van der Waals surface area contributed by atoms with Crippen molar-refractivity contribution in [2.75, 3.05) is 19.7 Å². The highest BCUT2D eigenvalue weighted by Crippen LogP contribution is 2.25. The monoisotopic (exact) mass is 401 g/mol. The first-order chi connectivity index (χ1) is 13.3. The highest BCUT2D eigenvalue weighted by molar-refractivity contribution is 5.88. The molecule has 0 aromatic heterocycles. The molecule has 0 bridgehead atoms. The van der Waals surface area contributed by atoms with Crippen molar-refractivity contribution in [2.24, 2.45) is 5.92 Å². The molecule has 0 spiro atoms. The highest BCUT2D eigenvalue weighted by atomic mass is 19.4. The topological polar surface area (TPSA) is 64.6 Å². The molecule has 1 saturated carbocycles. The molecule has 1 fully saturated rings. The van der Waals surface area contributed by atoms with Crippen LogP contribution < -0.4 is 10.1 Å². The van der Waals surface area contributed by atoms with Gasteiger partial charge in [-0.2, -0.15) is 13.2 Å². The molecule has 28 heavy (non-hydrogen) atoms. The van der Waals surface area contributed by atoms with Crippen molar-refractivity contribution in [3.63, 3.8) is 0 Å². The fourth-order valence-electron chi connectivity index (χ4n) is 3.12. The Morgan fingerprint density at radius 2 is 1.86 bits per heavy atom. The van der Waals surface area contributed by atoms with Gasteiger partial charge in [-0.1, -0.05) is 31.4 Å². The summed E-state index contributed by atoms with van der Waals surface area (Å²) in [5.74, 6) is -2.23. The number of halogens is 3. The number of nitrogens with one attached hydrogen (secondary N) is 1. The number of alkyl halides is 3. The first-order valence-electron chi connectivity index (χ1n) is 9.59. The van der Waals surface area contributed by atoms with Crippen LogP contribution in [0.2, 0.25) is 0 Å². The minimum absolute atomic E-state index is 0.127. The third-order valence-corrected chi connectivity index (χ3v) is 4.64. The van der Waals surface area contributed by atoms with Gasteiger partial charge in [0.1, 0.15) is 5.75 Å². The van der Waals surface area contributed by atoms with Crippen molar-refractivity contribution in [3.05, 3.63) is 29.8 Å². The minimum Gasteiger partial charge on any atom is -0.493 e. The fourth-order valence-corrected chi connectivity index (χ4v) is 3.12. The van der Waals surface area contributed by atoms with Crippen LogP contribution in [0.5, 0.6) is 5.75 Å². The molecule has 0 aliphatic heterocycles. The number of rotatable bonds is 9. The highest BCUT2D eigenvalue weighted by Gasteiger charge is 2.42. The predicted octanol–water partition coefficient (Wildman–Crippen LogP) is 3.80. The molecule has 0 amide bonds. The lowest BCUT2D eigenvalue weighted by atomic mass is 9.90. The number of ether oxygens (including phenoxy) is 2. The Morgan fingerprint density at radius 1 is 1.11 bits per heavy atom. The maximum Gasteiger partial charge on any atom is 0.491 e. The molecule has 0 saturated heterocycles. The van der Waals surface area contributed by atoms with Gasteiger partial charge < -0.3 is 14.8 Å². The van der Waals surface area contributed by atoms with E-state index < -0.39 is 18.1 Å². The van der Waals surface area contributed by atoms with Crippen LogP contribution in [0.3, 0.4) is 0 Å². The van der Waals surface area contributed by atoms with Crippen LogP contribution in [-0.4, -0.2) is 37.8 Å². The van der Waals surface area contributed by atoms with E-state index in [-0.39, 0.29) is 13.0 Å². The second kappa shape index (κ2) is 11.0. The van der Waals surface area contributed by atoms with Crippen molar-refractivity contribution >= 4 is 11.9 Å². The molecule has 1 aliphatic rings. The second-order valence-corrected chi connectivity index (χ2v) is 6.97. The van der Waals surface area contributed by atoms with E-state index in [4.69, 9.17) is 4.74 Å². The van der Waals surface area contributed by atoms with Gasteiger partial charge in [0, 0.05) is 6.54 Å². The first-order valence-corrected chi connectivity index (χ1v) is 9.59. The summed E-state index contributed by atoms with van der Waals surface area (Å²) in [5, 5.41) is 2.95. The summed E-state index contributed by atoms with van der Waals surface area (Å²) in [5.41, 5.74) is 1.06. The van der Waals surface area contributed by atoms with Gasteiger partial charge in [-0.3, -0.25) is 4.79 Å². The number of carbonyl (C=O) groups excluding carboxylic acids is 2. The molecule has 0 heterocycles. The molecule has 0 unspecified atom stereocenters. The van der Waals surface area contributed by atoms with Crippen molar-refractivity contribution in [2.45, 2.75) is 51.1 Å². The van der Waals surface area contributed by atoms with E-state index in [2.05, 4.69) is 10.1 Å². The van der Waals surface area contributed by atoms with E-state index in [0.717, 1.165) is 17.9 Å². The zero-order chi connectivity index (χ0) is 20.4. The van der Waals surface area contributed by atoms with Crippen LogP contribution in [0.4, 0.5) is 13.2 Å². The normalized spacial score (nSPS) is 15.2. The Kier molecular flexibility index (Phi) is 8.76. The van der Waals surface area contributed by atoms with Crippen LogP contribution in [0.1, 0.15) is 44.1 Å². The van der Waals surface area contributed by atoms with Crippen molar-refractivity contribution in [1.29, 1.82) is 0 Å². The van der Waals surface area contributed by atoms with Gasteiger partial charge in [-0.25, -0.2) is 4.79 Å². The van der Waals surface area contributed by atoms with Crippen LogP contribution in [0.25, 0.3) is 0 Å². The van der Waals surface area contributed by atoms with E-state index in [9.17, 15) is 22.8 Å². The van der Waals surface area contributed by atoms with Gasteiger partial charge >= 0.3 is 18.1 Å². The third-order valence-electron chi connectivity index (χ3n) is 4.64.